The molecule has 7 nitrogen and oxygen atoms in total. The van der Waals surface area contributed by atoms with Crippen molar-refractivity contribution in [3.63, 3.8) is 0 Å². The van der Waals surface area contributed by atoms with Crippen molar-refractivity contribution in [2.24, 2.45) is 5.92 Å². The molecule has 2 aromatic heterocycles. The Morgan fingerprint density at radius 1 is 0.917 bits per heavy atom. The molecule has 0 saturated carbocycles. The minimum atomic E-state index is -0.773. The zero-order valence-corrected chi connectivity index (χ0v) is 28.5. The number of rotatable bonds is 12. The van der Waals surface area contributed by atoms with Gasteiger partial charge in [-0.15, -0.1) is 11.3 Å². The summed E-state index contributed by atoms with van der Waals surface area (Å²) in [7, 11) is 1.95. The summed E-state index contributed by atoms with van der Waals surface area (Å²) in [6.45, 7) is 7.85. The molecule has 250 valence electrons. The maximum atomic E-state index is 15.1. The minimum Gasteiger partial charge on any atom is -0.462 e. The Bertz CT molecular complexity index is 1980. The Labute approximate surface area is 282 Å². The largest absolute Gasteiger partial charge is 0.462 e. The van der Waals surface area contributed by atoms with Gasteiger partial charge in [0, 0.05) is 40.8 Å². The lowest BCUT2D eigenvalue weighted by atomic mass is 10.0. The monoisotopic (exact) mass is 671 g/mol. The highest BCUT2D eigenvalue weighted by atomic mass is 32.1. The molecule has 0 aliphatic heterocycles. The number of pyridine rings is 1. The fourth-order valence-electron chi connectivity index (χ4n) is 5.78. The summed E-state index contributed by atoms with van der Waals surface area (Å²) in [5, 5.41) is 3.21. The lowest BCUT2D eigenvalue weighted by Gasteiger charge is -2.20. The number of benzene rings is 3. The number of amides is 1. The van der Waals surface area contributed by atoms with E-state index >= 15 is 8.78 Å². The Kier molecular flexibility index (Phi) is 10.9. The summed E-state index contributed by atoms with van der Waals surface area (Å²) < 4.78 is 37.3. The first-order valence-electron chi connectivity index (χ1n) is 16.0. The van der Waals surface area contributed by atoms with Crippen molar-refractivity contribution < 1.29 is 23.1 Å². The summed E-state index contributed by atoms with van der Waals surface area (Å²) in [6, 6.07) is 21.0. The molecule has 5 rings (SSSR count). The van der Waals surface area contributed by atoms with Crippen molar-refractivity contribution in [2.45, 2.75) is 53.8 Å². The first-order valence-corrected chi connectivity index (χ1v) is 16.8. The van der Waals surface area contributed by atoms with Crippen molar-refractivity contribution in [2.75, 3.05) is 19.0 Å². The summed E-state index contributed by atoms with van der Waals surface area (Å²) in [6.07, 6.45) is 0.246. The number of hydrogen-bond acceptors (Lipinski definition) is 6. The number of halogens is 2. The molecule has 48 heavy (non-hydrogen) atoms. The van der Waals surface area contributed by atoms with Crippen molar-refractivity contribution in [3.05, 3.63) is 123 Å². The fraction of sp³-hybridized carbons (Fsp3) is 0.289. The maximum absolute atomic E-state index is 15.1. The number of ether oxygens (including phenoxy) is 1. The number of hydrogen-bond donors (Lipinski definition) is 1. The second kappa shape index (κ2) is 15.0. The molecule has 0 spiro atoms. The molecular formula is C38H39F2N3O4S. The van der Waals surface area contributed by atoms with Crippen molar-refractivity contribution in [3.8, 4) is 10.4 Å². The predicted molar refractivity (Wildman–Crippen MR) is 187 cm³/mol. The van der Waals surface area contributed by atoms with Crippen LogP contribution < -0.4 is 10.7 Å². The summed E-state index contributed by atoms with van der Waals surface area (Å²) in [5.41, 5.74) is 2.76. The predicted octanol–water partition coefficient (Wildman–Crippen LogP) is 8.02. The second-order valence-electron chi connectivity index (χ2n) is 12.0. The third kappa shape index (κ3) is 7.24. The quantitative estimate of drug-likeness (QED) is 0.136. The van der Waals surface area contributed by atoms with E-state index in [4.69, 9.17) is 4.74 Å². The van der Waals surface area contributed by atoms with Gasteiger partial charge in [-0.2, -0.15) is 0 Å². The van der Waals surface area contributed by atoms with E-state index in [9.17, 15) is 14.4 Å². The normalized spacial score (nSPS) is 11.4. The average molecular weight is 672 g/mol. The van der Waals surface area contributed by atoms with E-state index in [1.54, 1.807) is 30.5 Å². The number of nitrogens with one attached hydrogen (secondary N) is 1. The lowest BCUT2D eigenvalue weighted by Crippen LogP contribution is -2.27. The molecule has 0 atom stereocenters. The van der Waals surface area contributed by atoms with E-state index in [2.05, 4.69) is 10.2 Å². The van der Waals surface area contributed by atoms with Gasteiger partial charge in [-0.3, -0.25) is 14.5 Å². The molecule has 3 aromatic carbocycles. The summed E-state index contributed by atoms with van der Waals surface area (Å²) in [5.74, 6) is -2.51. The highest BCUT2D eigenvalue weighted by molar-refractivity contribution is 7.22. The molecule has 10 heteroatoms. The number of esters is 1. The Balaban J connectivity index is 1.77. The van der Waals surface area contributed by atoms with Gasteiger partial charge in [-0.1, -0.05) is 69.3 Å². The van der Waals surface area contributed by atoms with Crippen LogP contribution in [0.3, 0.4) is 0 Å². The van der Waals surface area contributed by atoms with Gasteiger partial charge in [0.1, 0.15) is 22.0 Å². The van der Waals surface area contributed by atoms with E-state index in [1.807, 2.05) is 63.4 Å². The van der Waals surface area contributed by atoms with Crippen LogP contribution >= 0.6 is 11.3 Å². The molecule has 0 fully saturated rings. The van der Waals surface area contributed by atoms with Crippen molar-refractivity contribution >= 4 is 39.1 Å². The standard InChI is InChI=1S/C38H39F2N3O4S/c1-6-31-33(38(46)47-7-2)34(44)32-28(21-42(5)20-24-12-9-8-10-13-24)35(25-16-18-26(19-17-25)41-36(45)23(3)4)48-37(32)43(31)22-27-29(39)14-11-15-30(27)40/h8-19,23H,6-7,20-22H2,1-5H3,(H,41,45). The van der Waals surface area contributed by atoms with Crippen LogP contribution in [0.25, 0.3) is 20.7 Å². The topological polar surface area (TPSA) is 80.6 Å². The van der Waals surface area contributed by atoms with Gasteiger partial charge < -0.3 is 14.6 Å². The van der Waals surface area contributed by atoms with Crippen LogP contribution in [0.2, 0.25) is 0 Å². The first kappa shape index (κ1) is 34.7. The zero-order valence-electron chi connectivity index (χ0n) is 27.7. The SMILES string of the molecule is CCOC(=O)c1c(CC)n(Cc2c(F)cccc2F)c2sc(-c3ccc(NC(=O)C(C)C)cc3)c(CN(C)Cc3ccccc3)c2c1=O. The van der Waals surface area contributed by atoms with Crippen LogP contribution in [-0.2, 0) is 35.6 Å². The number of anilines is 1. The minimum absolute atomic E-state index is 0.0582. The van der Waals surface area contributed by atoms with Crippen LogP contribution in [0, 0.1) is 17.6 Å². The molecule has 5 aromatic rings. The highest BCUT2D eigenvalue weighted by Crippen LogP contribution is 2.40. The van der Waals surface area contributed by atoms with Gasteiger partial charge in [-0.05, 0) is 61.3 Å². The molecule has 0 unspecified atom stereocenters. The number of nitrogens with zero attached hydrogens (tertiary/aromatic N) is 2. The van der Waals surface area contributed by atoms with Gasteiger partial charge in [0.15, 0.2) is 0 Å². The highest BCUT2D eigenvalue weighted by Gasteiger charge is 2.29. The number of thiophene rings is 1. The van der Waals surface area contributed by atoms with Crippen molar-refractivity contribution in [1.29, 1.82) is 0 Å². The van der Waals surface area contributed by atoms with E-state index < -0.39 is 23.0 Å². The van der Waals surface area contributed by atoms with Crippen LogP contribution in [0.5, 0.6) is 0 Å². The molecule has 0 aliphatic rings. The van der Waals surface area contributed by atoms with Crippen LogP contribution in [0.4, 0.5) is 14.5 Å². The van der Waals surface area contributed by atoms with Crippen LogP contribution in [-0.4, -0.2) is 35.0 Å². The fourth-order valence-corrected chi connectivity index (χ4v) is 7.12. The summed E-state index contributed by atoms with van der Waals surface area (Å²) in [4.78, 5) is 43.6. The van der Waals surface area contributed by atoms with Gasteiger partial charge in [0.25, 0.3) is 0 Å². The van der Waals surface area contributed by atoms with E-state index in [0.29, 0.717) is 40.3 Å². The van der Waals surface area contributed by atoms with Crippen LogP contribution in [0.1, 0.15) is 60.4 Å². The Hall–Kier alpha value is -4.67. The Morgan fingerprint density at radius 3 is 2.19 bits per heavy atom. The lowest BCUT2D eigenvalue weighted by molar-refractivity contribution is -0.118. The smallest absolute Gasteiger partial charge is 0.343 e. The number of fused-ring (bicyclic) bond motifs is 1. The zero-order chi connectivity index (χ0) is 34.5. The van der Waals surface area contributed by atoms with Gasteiger partial charge in [-0.25, -0.2) is 13.6 Å². The molecule has 1 N–H and O–H groups in total. The van der Waals surface area contributed by atoms with Crippen LogP contribution in [0.15, 0.2) is 77.6 Å². The van der Waals surface area contributed by atoms with Gasteiger partial charge in [0.2, 0.25) is 11.3 Å². The maximum Gasteiger partial charge on any atom is 0.343 e. The van der Waals surface area contributed by atoms with E-state index in [0.717, 1.165) is 16.0 Å². The van der Waals surface area contributed by atoms with Gasteiger partial charge in [0.05, 0.1) is 18.5 Å². The van der Waals surface area contributed by atoms with Crippen molar-refractivity contribution in [1.82, 2.24) is 9.47 Å². The van der Waals surface area contributed by atoms with E-state index in [-0.39, 0.29) is 42.5 Å². The molecule has 0 radical (unpaired) electrons. The number of aromatic nitrogens is 1. The number of carbonyl (C=O) groups is 2. The Morgan fingerprint density at radius 2 is 1.58 bits per heavy atom. The molecular weight excluding hydrogens is 632 g/mol. The summed E-state index contributed by atoms with van der Waals surface area (Å²) >= 11 is 1.34. The number of carbonyl (C=O) groups excluding carboxylic acids is 2. The average Bonchev–Trinajstić information content (AvgIpc) is 3.43. The molecule has 2 heterocycles. The molecule has 1 amide bonds. The molecule has 0 bridgehead atoms. The second-order valence-corrected chi connectivity index (χ2v) is 13.0. The third-order valence-corrected chi connectivity index (χ3v) is 9.46. The molecule has 0 saturated heterocycles. The van der Waals surface area contributed by atoms with E-state index in [1.165, 1.54) is 29.5 Å². The first-order chi connectivity index (χ1) is 23.0. The van der Waals surface area contributed by atoms with Gasteiger partial charge >= 0.3 is 5.97 Å². The molecule has 0 aliphatic carbocycles. The third-order valence-electron chi connectivity index (χ3n) is 8.16.